The second kappa shape index (κ2) is 18.7. The number of fused-ring (bicyclic) bond motifs is 7. The van der Waals surface area contributed by atoms with Crippen molar-refractivity contribution < 1.29 is 0 Å². The number of hydrogen-bond acceptors (Lipinski definition) is 4. The smallest absolute Gasteiger partial charge is 0.0562 e. The summed E-state index contributed by atoms with van der Waals surface area (Å²) in [4.78, 5) is 7.14. The summed E-state index contributed by atoms with van der Waals surface area (Å²) in [5.41, 5.74) is 15.4. The predicted octanol–water partition coefficient (Wildman–Crippen LogP) is 20.4. The van der Waals surface area contributed by atoms with Crippen LogP contribution in [0, 0.1) is 0 Å². The Labute approximate surface area is 440 Å². The molecular formula is C70H48N4S. The minimum absolute atomic E-state index is 1.05. The van der Waals surface area contributed by atoms with Crippen LogP contribution in [0.4, 0.5) is 51.2 Å². The Hall–Kier alpha value is -9.68. The molecule has 2 heterocycles. The average molecular weight is 977 g/mol. The van der Waals surface area contributed by atoms with Gasteiger partial charge in [-0.3, -0.25) is 0 Å². The number of rotatable bonds is 11. The summed E-state index contributed by atoms with van der Waals surface area (Å²) in [5, 5.41) is 7.34. The lowest BCUT2D eigenvalue weighted by molar-refractivity contribution is 1.19. The van der Waals surface area contributed by atoms with E-state index in [4.69, 9.17) is 0 Å². The minimum atomic E-state index is 1.05. The van der Waals surface area contributed by atoms with Crippen LogP contribution < -0.4 is 14.7 Å². The molecule has 0 amide bonds. The van der Waals surface area contributed by atoms with E-state index in [0.717, 1.165) is 79.0 Å². The molecule has 0 aliphatic rings. The summed E-state index contributed by atoms with van der Waals surface area (Å²) >= 11 is 1.85. The van der Waals surface area contributed by atoms with E-state index in [1.54, 1.807) is 0 Å². The summed E-state index contributed by atoms with van der Waals surface area (Å²) in [7, 11) is 0. The number of thiophene rings is 1. The fourth-order valence-corrected chi connectivity index (χ4v) is 12.2. The van der Waals surface area contributed by atoms with Crippen molar-refractivity contribution >= 4 is 115 Å². The Bertz CT molecular complexity index is 4180. The molecule has 0 saturated carbocycles. The first-order valence-corrected chi connectivity index (χ1v) is 26.3. The topological polar surface area (TPSA) is 14.7 Å². The maximum atomic E-state index is 2.49. The summed E-state index contributed by atoms with van der Waals surface area (Å²) in [6, 6.07) is 106. The van der Waals surface area contributed by atoms with E-state index in [1.807, 2.05) is 11.3 Å². The van der Waals surface area contributed by atoms with E-state index in [-0.39, 0.29) is 0 Å². The highest BCUT2D eigenvalue weighted by molar-refractivity contribution is 7.25. The minimum Gasteiger partial charge on any atom is -0.310 e. The summed E-state index contributed by atoms with van der Waals surface area (Å²) in [5.74, 6) is 0. The van der Waals surface area contributed by atoms with E-state index < -0.39 is 0 Å². The third-order valence-corrected chi connectivity index (χ3v) is 15.6. The van der Waals surface area contributed by atoms with E-state index >= 15 is 0 Å². The van der Waals surface area contributed by atoms with Crippen molar-refractivity contribution in [2.45, 2.75) is 0 Å². The largest absolute Gasteiger partial charge is 0.310 e. The molecule has 0 unspecified atom stereocenters. The van der Waals surface area contributed by atoms with Gasteiger partial charge < -0.3 is 19.3 Å². The highest BCUT2D eigenvalue weighted by Gasteiger charge is 2.23. The number of nitrogens with zero attached hydrogens (tertiary/aromatic N) is 4. The van der Waals surface area contributed by atoms with Gasteiger partial charge in [-0.1, -0.05) is 164 Å². The maximum Gasteiger partial charge on any atom is 0.0562 e. The van der Waals surface area contributed by atoms with Crippen LogP contribution in [0.15, 0.2) is 291 Å². The Morgan fingerprint density at radius 1 is 0.240 bits per heavy atom. The molecule has 354 valence electrons. The van der Waals surface area contributed by atoms with Gasteiger partial charge in [-0.25, -0.2) is 0 Å². The van der Waals surface area contributed by atoms with Gasteiger partial charge >= 0.3 is 0 Å². The van der Waals surface area contributed by atoms with Crippen LogP contribution in [-0.4, -0.2) is 4.57 Å². The molecule has 0 atom stereocenters. The normalized spacial score (nSPS) is 11.5. The van der Waals surface area contributed by atoms with Crippen molar-refractivity contribution in [3.8, 4) is 16.8 Å². The van der Waals surface area contributed by atoms with Crippen molar-refractivity contribution in [2.24, 2.45) is 0 Å². The van der Waals surface area contributed by atoms with Gasteiger partial charge in [0.2, 0.25) is 0 Å². The zero-order chi connectivity index (χ0) is 49.7. The Balaban J connectivity index is 1.01. The molecule has 0 saturated heterocycles. The molecule has 0 fully saturated rings. The van der Waals surface area contributed by atoms with Gasteiger partial charge in [0.1, 0.15) is 0 Å². The highest BCUT2D eigenvalue weighted by atomic mass is 32.1. The van der Waals surface area contributed by atoms with Gasteiger partial charge in [-0.05, 0) is 144 Å². The third kappa shape index (κ3) is 7.94. The molecule has 0 radical (unpaired) electrons. The van der Waals surface area contributed by atoms with Gasteiger partial charge in [0.25, 0.3) is 0 Å². The lowest BCUT2D eigenvalue weighted by atomic mass is 9.99. The van der Waals surface area contributed by atoms with E-state index in [0.29, 0.717) is 0 Å². The molecule has 0 spiro atoms. The number of benzene rings is 12. The molecule has 0 aliphatic heterocycles. The standard InChI is InChI=1S/C70H48N4S/c1-6-23-52(24-7-1)71(53-25-8-2-9-26-53)59-43-51(44-60(46-59)72(54-27-10-3-11-28-54)55-29-12-4-13-30-55)50-37-42-67-65(45-50)62-40-38-57(47-68(62)74(67)66-35-20-22-49-21-16-17-33-61(49)66)73(56-31-14-5-15-32-56)58-39-41-64-63-34-18-19-36-69(63)75-70(64)48-58/h1-48H. The molecular weight excluding hydrogens is 929 g/mol. The molecule has 12 aromatic carbocycles. The van der Waals surface area contributed by atoms with Crippen molar-refractivity contribution in [1.29, 1.82) is 0 Å². The van der Waals surface area contributed by atoms with Crippen LogP contribution >= 0.6 is 11.3 Å². The van der Waals surface area contributed by atoms with E-state index in [9.17, 15) is 0 Å². The second-order valence-corrected chi connectivity index (χ2v) is 20.1. The summed E-state index contributed by atoms with van der Waals surface area (Å²) in [6.07, 6.45) is 0. The number of anilines is 9. The zero-order valence-electron chi connectivity index (χ0n) is 40.9. The van der Waals surface area contributed by atoms with Gasteiger partial charge in [-0.15, -0.1) is 11.3 Å². The summed E-state index contributed by atoms with van der Waals surface area (Å²) in [6.45, 7) is 0. The fourth-order valence-electron chi connectivity index (χ4n) is 11.1. The first-order chi connectivity index (χ1) is 37.2. The van der Waals surface area contributed by atoms with E-state index in [1.165, 1.54) is 41.7 Å². The Morgan fingerprint density at radius 3 is 1.29 bits per heavy atom. The van der Waals surface area contributed by atoms with Gasteiger partial charge in [0.15, 0.2) is 0 Å². The number of para-hydroxylation sites is 5. The molecule has 2 aromatic heterocycles. The SMILES string of the molecule is c1ccc(N(c2ccccc2)c2cc(-c3ccc4c(c3)c3ccc(N(c5ccccc5)c5ccc6c(c5)sc5ccccc56)cc3n4-c3cccc4ccccc34)cc(N(c3ccccc3)c3ccccc3)c2)cc1. The first kappa shape index (κ1) is 44.1. The number of hydrogen-bond donors (Lipinski definition) is 0. The predicted molar refractivity (Wildman–Crippen MR) is 321 cm³/mol. The molecule has 4 nitrogen and oxygen atoms in total. The highest BCUT2D eigenvalue weighted by Crippen LogP contribution is 2.47. The third-order valence-electron chi connectivity index (χ3n) is 14.5. The van der Waals surface area contributed by atoms with Crippen LogP contribution in [-0.2, 0) is 0 Å². The van der Waals surface area contributed by atoms with Crippen LogP contribution in [0.3, 0.4) is 0 Å². The zero-order valence-corrected chi connectivity index (χ0v) is 41.7. The summed E-state index contributed by atoms with van der Waals surface area (Å²) < 4.78 is 5.06. The monoisotopic (exact) mass is 976 g/mol. The first-order valence-electron chi connectivity index (χ1n) is 25.5. The Kier molecular flexibility index (Phi) is 11.0. The molecule has 14 rings (SSSR count). The van der Waals surface area contributed by atoms with Crippen molar-refractivity contribution in [3.63, 3.8) is 0 Å². The maximum absolute atomic E-state index is 2.49. The number of aromatic nitrogens is 1. The molecule has 5 heteroatoms. The van der Waals surface area contributed by atoms with Crippen LogP contribution in [0.2, 0.25) is 0 Å². The van der Waals surface area contributed by atoms with Crippen LogP contribution in [0.25, 0.3) is 69.6 Å². The molecule has 14 aromatic rings. The lowest BCUT2D eigenvalue weighted by Gasteiger charge is -2.30. The van der Waals surface area contributed by atoms with Crippen molar-refractivity contribution in [3.05, 3.63) is 291 Å². The molecule has 0 N–H and O–H groups in total. The molecule has 0 bridgehead atoms. The van der Waals surface area contributed by atoms with Crippen molar-refractivity contribution in [1.82, 2.24) is 4.57 Å². The molecule has 75 heavy (non-hydrogen) atoms. The second-order valence-electron chi connectivity index (χ2n) is 19.0. The van der Waals surface area contributed by atoms with Crippen LogP contribution in [0.1, 0.15) is 0 Å². The van der Waals surface area contributed by atoms with Crippen LogP contribution in [0.5, 0.6) is 0 Å². The van der Waals surface area contributed by atoms with Gasteiger partial charge in [0, 0.05) is 87.5 Å². The quantitative estimate of drug-likeness (QED) is 0.128. The molecule has 0 aliphatic carbocycles. The van der Waals surface area contributed by atoms with E-state index in [2.05, 4.69) is 310 Å². The van der Waals surface area contributed by atoms with Crippen molar-refractivity contribution in [2.75, 3.05) is 14.7 Å². The van der Waals surface area contributed by atoms with Gasteiger partial charge in [-0.2, -0.15) is 0 Å². The Morgan fingerprint density at radius 2 is 0.707 bits per heavy atom. The fraction of sp³-hybridized carbons (Fsp3) is 0. The van der Waals surface area contributed by atoms with Gasteiger partial charge in [0.05, 0.1) is 16.7 Å². The average Bonchev–Trinajstić information content (AvgIpc) is 4.03. The lowest BCUT2D eigenvalue weighted by Crippen LogP contribution is -2.13.